The van der Waals surface area contributed by atoms with E-state index < -0.39 is 0 Å². The van der Waals surface area contributed by atoms with Gasteiger partial charge in [-0.15, -0.1) is 0 Å². The fraction of sp³-hybridized carbons (Fsp3) is 0.200. The van der Waals surface area contributed by atoms with E-state index in [1.165, 1.54) is 0 Å². The van der Waals surface area contributed by atoms with Gasteiger partial charge >= 0.3 is 0 Å². The molecule has 0 aliphatic heterocycles. The summed E-state index contributed by atoms with van der Waals surface area (Å²) in [5, 5.41) is 0.420. The maximum Gasteiger partial charge on any atom is 0.147 e. The van der Waals surface area contributed by atoms with Crippen molar-refractivity contribution in [3.05, 3.63) is 29.8 Å². The normalized spacial score (nSPS) is 9.57. The molecule has 0 heterocycles. The van der Waals surface area contributed by atoms with Crippen molar-refractivity contribution in [2.75, 3.05) is 19.5 Å². The molecular weight excluding hydrogens is 202 g/mol. The molecule has 1 aromatic carbocycles. The second-order valence-corrected chi connectivity index (χ2v) is 3.03. The number of methoxy groups -OCH3 is 1. The van der Waals surface area contributed by atoms with E-state index >= 15 is 0 Å². The largest absolute Gasteiger partial charge is 0.497 e. The SMILES string of the molecule is C=CCOc1cc(OC)cc(Cl)c1N. The van der Waals surface area contributed by atoms with E-state index in [4.69, 9.17) is 26.8 Å². The van der Waals surface area contributed by atoms with E-state index in [0.717, 1.165) is 0 Å². The standard InChI is InChI=1S/C10H12ClNO2/c1-3-4-14-9-6-7(13-2)5-8(11)10(9)12/h3,5-6H,1,4,12H2,2H3. The van der Waals surface area contributed by atoms with Crippen molar-refractivity contribution in [3.8, 4) is 11.5 Å². The van der Waals surface area contributed by atoms with Crippen LogP contribution in [0.3, 0.4) is 0 Å². The lowest BCUT2D eigenvalue weighted by Gasteiger charge is -2.10. The highest BCUT2D eigenvalue weighted by atomic mass is 35.5. The Morgan fingerprint density at radius 3 is 2.86 bits per heavy atom. The third kappa shape index (κ3) is 2.33. The lowest BCUT2D eigenvalue weighted by atomic mass is 10.3. The number of rotatable bonds is 4. The molecule has 0 radical (unpaired) electrons. The van der Waals surface area contributed by atoms with Crippen LogP contribution in [0.25, 0.3) is 0 Å². The summed E-state index contributed by atoms with van der Waals surface area (Å²) in [6.45, 7) is 3.92. The number of ether oxygens (including phenoxy) is 2. The highest BCUT2D eigenvalue weighted by Gasteiger charge is 2.07. The summed E-state index contributed by atoms with van der Waals surface area (Å²) in [6.07, 6.45) is 1.63. The summed E-state index contributed by atoms with van der Waals surface area (Å²) in [5.74, 6) is 1.12. The van der Waals surface area contributed by atoms with Gasteiger partial charge in [0.1, 0.15) is 18.1 Å². The van der Waals surface area contributed by atoms with Gasteiger partial charge in [-0.2, -0.15) is 0 Å². The summed E-state index contributed by atoms with van der Waals surface area (Å²) in [4.78, 5) is 0. The third-order valence-electron chi connectivity index (χ3n) is 1.66. The molecule has 14 heavy (non-hydrogen) atoms. The first-order chi connectivity index (χ1) is 6.69. The molecule has 0 saturated heterocycles. The van der Waals surface area contributed by atoms with Crippen LogP contribution >= 0.6 is 11.6 Å². The molecule has 1 aromatic rings. The molecule has 0 amide bonds. The molecule has 0 unspecified atom stereocenters. The molecule has 0 aliphatic rings. The second kappa shape index (κ2) is 4.77. The monoisotopic (exact) mass is 213 g/mol. The van der Waals surface area contributed by atoms with Crippen LogP contribution in [0.4, 0.5) is 5.69 Å². The number of anilines is 1. The number of benzene rings is 1. The smallest absolute Gasteiger partial charge is 0.147 e. The molecule has 0 atom stereocenters. The minimum Gasteiger partial charge on any atom is -0.497 e. The maximum absolute atomic E-state index is 5.87. The van der Waals surface area contributed by atoms with Gasteiger partial charge in [-0.25, -0.2) is 0 Å². The van der Waals surface area contributed by atoms with Gasteiger partial charge in [-0.05, 0) is 0 Å². The van der Waals surface area contributed by atoms with Gasteiger partial charge in [0.2, 0.25) is 0 Å². The number of halogens is 1. The van der Waals surface area contributed by atoms with E-state index in [1.807, 2.05) is 0 Å². The van der Waals surface area contributed by atoms with Crippen molar-refractivity contribution in [2.45, 2.75) is 0 Å². The zero-order valence-electron chi connectivity index (χ0n) is 7.92. The Kier molecular flexibility index (Phi) is 3.65. The molecule has 0 bridgehead atoms. The molecule has 2 N–H and O–H groups in total. The van der Waals surface area contributed by atoms with Crippen molar-refractivity contribution in [3.63, 3.8) is 0 Å². The van der Waals surface area contributed by atoms with Crippen molar-refractivity contribution < 1.29 is 9.47 Å². The van der Waals surface area contributed by atoms with E-state index in [0.29, 0.717) is 28.8 Å². The van der Waals surface area contributed by atoms with E-state index in [2.05, 4.69) is 6.58 Å². The first-order valence-corrected chi connectivity index (χ1v) is 4.43. The van der Waals surface area contributed by atoms with Crippen LogP contribution < -0.4 is 15.2 Å². The Bertz CT molecular complexity index is 339. The van der Waals surface area contributed by atoms with Gasteiger partial charge in [0, 0.05) is 12.1 Å². The third-order valence-corrected chi connectivity index (χ3v) is 1.97. The number of hydrogen-bond acceptors (Lipinski definition) is 3. The fourth-order valence-electron chi connectivity index (χ4n) is 0.955. The molecule has 3 nitrogen and oxygen atoms in total. The number of nitrogen functional groups attached to an aromatic ring is 1. The molecule has 0 saturated carbocycles. The quantitative estimate of drug-likeness (QED) is 0.618. The number of hydrogen-bond donors (Lipinski definition) is 1. The van der Waals surface area contributed by atoms with Gasteiger partial charge in [-0.1, -0.05) is 24.3 Å². The average molecular weight is 214 g/mol. The van der Waals surface area contributed by atoms with Gasteiger partial charge in [0.15, 0.2) is 0 Å². The van der Waals surface area contributed by atoms with Crippen LogP contribution in [0.1, 0.15) is 0 Å². The Labute approximate surface area is 88.1 Å². The fourth-order valence-corrected chi connectivity index (χ4v) is 1.16. The Hall–Kier alpha value is -1.35. The molecule has 4 heteroatoms. The van der Waals surface area contributed by atoms with Crippen molar-refractivity contribution >= 4 is 17.3 Å². The zero-order chi connectivity index (χ0) is 10.6. The lowest BCUT2D eigenvalue weighted by Crippen LogP contribution is -1.99. The van der Waals surface area contributed by atoms with Crippen LogP contribution in [0, 0.1) is 0 Å². The number of nitrogens with two attached hydrogens (primary N) is 1. The molecule has 76 valence electrons. The predicted octanol–water partition coefficient (Wildman–Crippen LogP) is 2.50. The van der Waals surface area contributed by atoms with Crippen LogP contribution in [0.15, 0.2) is 24.8 Å². The first-order valence-electron chi connectivity index (χ1n) is 4.05. The topological polar surface area (TPSA) is 44.5 Å². The van der Waals surface area contributed by atoms with Gasteiger partial charge in [0.05, 0.1) is 17.8 Å². The van der Waals surface area contributed by atoms with Gasteiger partial charge < -0.3 is 15.2 Å². The van der Waals surface area contributed by atoms with Gasteiger partial charge in [-0.3, -0.25) is 0 Å². The van der Waals surface area contributed by atoms with Crippen LogP contribution in [-0.4, -0.2) is 13.7 Å². The highest BCUT2D eigenvalue weighted by molar-refractivity contribution is 6.33. The first kappa shape index (κ1) is 10.7. The summed E-state index contributed by atoms with van der Waals surface area (Å²) in [6, 6.07) is 3.32. The summed E-state index contributed by atoms with van der Waals surface area (Å²) >= 11 is 5.87. The van der Waals surface area contributed by atoms with Crippen molar-refractivity contribution in [1.29, 1.82) is 0 Å². The molecule has 0 fully saturated rings. The van der Waals surface area contributed by atoms with Crippen molar-refractivity contribution in [1.82, 2.24) is 0 Å². The predicted molar refractivity (Wildman–Crippen MR) is 58.1 cm³/mol. The second-order valence-electron chi connectivity index (χ2n) is 2.62. The molecule has 0 aromatic heterocycles. The molecule has 1 rings (SSSR count). The minimum atomic E-state index is 0.383. The summed E-state index contributed by atoms with van der Waals surface area (Å²) < 4.78 is 10.3. The Morgan fingerprint density at radius 2 is 2.29 bits per heavy atom. The summed E-state index contributed by atoms with van der Waals surface area (Å²) in [5.41, 5.74) is 6.11. The van der Waals surface area contributed by atoms with Crippen LogP contribution in [0.2, 0.25) is 5.02 Å². The highest BCUT2D eigenvalue weighted by Crippen LogP contribution is 2.34. The molecular formula is C10H12ClNO2. The molecule has 0 aliphatic carbocycles. The minimum absolute atomic E-state index is 0.383. The Morgan fingerprint density at radius 1 is 1.57 bits per heavy atom. The van der Waals surface area contributed by atoms with Crippen LogP contribution in [-0.2, 0) is 0 Å². The van der Waals surface area contributed by atoms with Crippen LogP contribution in [0.5, 0.6) is 11.5 Å². The summed E-state index contributed by atoms with van der Waals surface area (Å²) in [7, 11) is 1.55. The van der Waals surface area contributed by atoms with E-state index in [1.54, 1.807) is 25.3 Å². The van der Waals surface area contributed by atoms with Crippen molar-refractivity contribution in [2.24, 2.45) is 0 Å². The average Bonchev–Trinajstić information content (AvgIpc) is 2.20. The Balaban J connectivity index is 3.00. The van der Waals surface area contributed by atoms with E-state index in [-0.39, 0.29) is 0 Å². The lowest BCUT2D eigenvalue weighted by molar-refractivity contribution is 0.359. The molecule has 0 spiro atoms. The zero-order valence-corrected chi connectivity index (χ0v) is 8.67. The van der Waals surface area contributed by atoms with Gasteiger partial charge in [0.25, 0.3) is 0 Å². The maximum atomic E-state index is 5.87. The van der Waals surface area contributed by atoms with E-state index in [9.17, 15) is 0 Å².